The van der Waals surface area contributed by atoms with Crippen LogP contribution in [-0.2, 0) is 6.54 Å². The average Bonchev–Trinajstić information content (AvgIpc) is 2.33. The molecule has 0 saturated carbocycles. The third-order valence-electron chi connectivity index (χ3n) is 3.50. The lowest BCUT2D eigenvalue weighted by Gasteiger charge is -2.35. The van der Waals surface area contributed by atoms with Gasteiger partial charge >= 0.3 is 0 Å². The molecule has 1 aliphatic heterocycles. The summed E-state index contributed by atoms with van der Waals surface area (Å²) in [6.45, 7) is 8.11. The highest BCUT2D eigenvalue weighted by Gasteiger charge is 2.22. The van der Waals surface area contributed by atoms with Crippen molar-refractivity contribution >= 4 is 15.9 Å². The number of halogens is 2. The van der Waals surface area contributed by atoms with Gasteiger partial charge in [-0.3, -0.25) is 4.90 Å². The molecule has 1 heterocycles. The molecule has 1 atom stereocenters. The molecule has 18 heavy (non-hydrogen) atoms. The Labute approximate surface area is 117 Å². The minimum absolute atomic E-state index is 0.121. The van der Waals surface area contributed by atoms with E-state index in [1.165, 1.54) is 6.07 Å². The van der Waals surface area contributed by atoms with Gasteiger partial charge in [0.2, 0.25) is 0 Å². The first-order chi connectivity index (χ1) is 8.56. The van der Waals surface area contributed by atoms with Crippen LogP contribution in [0.15, 0.2) is 22.7 Å². The van der Waals surface area contributed by atoms with Crippen LogP contribution in [-0.4, -0.2) is 30.6 Å². The van der Waals surface area contributed by atoms with E-state index in [9.17, 15) is 4.39 Å². The van der Waals surface area contributed by atoms with Gasteiger partial charge in [-0.1, -0.05) is 35.8 Å². The van der Waals surface area contributed by atoms with Gasteiger partial charge in [-0.05, 0) is 18.1 Å². The first-order valence-electron chi connectivity index (χ1n) is 6.46. The molecule has 2 rings (SSSR count). The molecular formula is C14H20BrFN2. The van der Waals surface area contributed by atoms with Gasteiger partial charge in [-0.25, -0.2) is 4.39 Å². The second-order valence-corrected chi connectivity index (χ2v) is 6.19. The monoisotopic (exact) mass is 314 g/mol. The maximum Gasteiger partial charge on any atom is 0.128 e. The van der Waals surface area contributed by atoms with Crippen molar-refractivity contribution in [1.82, 2.24) is 10.2 Å². The van der Waals surface area contributed by atoms with Crippen molar-refractivity contribution in [2.24, 2.45) is 5.92 Å². The topological polar surface area (TPSA) is 15.3 Å². The van der Waals surface area contributed by atoms with Crippen molar-refractivity contribution in [3.63, 3.8) is 0 Å². The van der Waals surface area contributed by atoms with E-state index in [0.717, 1.165) is 29.7 Å². The summed E-state index contributed by atoms with van der Waals surface area (Å²) in [4.78, 5) is 2.33. The first kappa shape index (κ1) is 14.0. The highest BCUT2D eigenvalue weighted by Crippen LogP contribution is 2.18. The van der Waals surface area contributed by atoms with Crippen LogP contribution in [0, 0.1) is 11.7 Å². The van der Waals surface area contributed by atoms with E-state index in [0.29, 0.717) is 18.5 Å². The molecule has 1 saturated heterocycles. The summed E-state index contributed by atoms with van der Waals surface area (Å²) in [7, 11) is 0. The van der Waals surface area contributed by atoms with Crippen LogP contribution in [0.2, 0.25) is 0 Å². The Kier molecular flexibility index (Phi) is 4.76. The third kappa shape index (κ3) is 3.53. The second-order valence-electron chi connectivity index (χ2n) is 5.28. The Morgan fingerprint density at radius 3 is 2.94 bits per heavy atom. The smallest absolute Gasteiger partial charge is 0.128 e. The lowest BCUT2D eigenvalue weighted by Crippen LogP contribution is -2.52. The molecule has 1 fully saturated rings. The lowest BCUT2D eigenvalue weighted by molar-refractivity contribution is 0.167. The molecule has 0 radical (unpaired) electrons. The summed E-state index contributed by atoms with van der Waals surface area (Å²) in [5, 5.41) is 3.52. The van der Waals surface area contributed by atoms with E-state index < -0.39 is 0 Å². The Balaban J connectivity index is 2.00. The molecule has 0 aliphatic carbocycles. The summed E-state index contributed by atoms with van der Waals surface area (Å²) in [5.41, 5.74) is 0.780. The maximum absolute atomic E-state index is 13.8. The van der Waals surface area contributed by atoms with Gasteiger partial charge in [0, 0.05) is 42.3 Å². The lowest BCUT2D eigenvalue weighted by atomic mass is 10.0. The van der Waals surface area contributed by atoms with Crippen LogP contribution < -0.4 is 5.32 Å². The quantitative estimate of drug-likeness (QED) is 0.922. The van der Waals surface area contributed by atoms with Crippen LogP contribution >= 0.6 is 15.9 Å². The largest absolute Gasteiger partial charge is 0.311 e. The molecular weight excluding hydrogens is 295 g/mol. The molecule has 4 heteroatoms. The van der Waals surface area contributed by atoms with Crippen molar-refractivity contribution < 1.29 is 4.39 Å². The molecule has 1 unspecified atom stereocenters. The van der Waals surface area contributed by atoms with Gasteiger partial charge in [-0.2, -0.15) is 0 Å². The Hall–Kier alpha value is -0.450. The van der Waals surface area contributed by atoms with E-state index in [1.807, 2.05) is 12.1 Å². The minimum Gasteiger partial charge on any atom is -0.311 e. The summed E-state index contributed by atoms with van der Waals surface area (Å²) < 4.78 is 14.6. The zero-order valence-corrected chi connectivity index (χ0v) is 12.5. The molecule has 0 aromatic heterocycles. The predicted octanol–water partition coefficient (Wildman–Crippen LogP) is 3.02. The molecule has 1 aliphatic rings. The molecule has 0 amide bonds. The Bertz CT molecular complexity index is 409. The van der Waals surface area contributed by atoms with E-state index in [2.05, 4.69) is 40.0 Å². The number of nitrogens with zero attached hydrogens (tertiary/aromatic N) is 1. The van der Waals surface area contributed by atoms with Crippen molar-refractivity contribution in [3.8, 4) is 0 Å². The van der Waals surface area contributed by atoms with Gasteiger partial charge in [-0.15, -0.1) is 0 Å². The van der Waals surface area contributed by atoms with E-state index >= 15 is 0 Å². The molecule has 0 spiro atoms. The SMILES string of the molecule is CC(C)C1CN(Cc2ccc(Br)cc2F)CCN1. The van der Waals surface area contributed by atoms with Crippen LogP contribution in [0.4, 0.5) is 4.39 Å². The maximum atomic E-state index is 13.8. The highest BCUT2D eigenvalue weighted by atomic mass is 79.9. The summed E-state index contributed by atoms with van der Waals surface area (Å²) >= 11 is 3.29. The van der Waals surface area contributed by atoms with Gasteiger partial charge < -0.3 is 5.32 Å². The Morgan fingerprint density at radius 1 is 1.50 bits per heavy atom. The fourth-order valence-corrected chi connectivity index (χ4v) is 2.66. The minimum atomic E-state index is -0.121. The van der Waals surface area contributed by atoms with Crippen molar-refractivity contribution in [2.45, 2.75) is 26.4 Å². The van der Waals surface area contributed by atoms with Gasteiger partial charge in [0.25, 0.3) is 0 Å². The molecule has 1 N–H and O–H groups in total. The van der Waals surface area contributed by atoms with Crippen LogP contribution in [0.5, 0.6) is 0 Å². The van der Waals surface area contributed by atoms with Crippen LogP contribution in [0.1, 0.15) is 19.4 Å². The van der Waals surface area contributed by atoms with E-state index in [1.54, 1.807) is 0 Å². The number of nitrogens with one attached hydrogen (secondary N) is 1. The third-order valence-corrected chi connectivity index (χ3v) is 4.00. The number of rotatable bonds is 3. The molecule has 0 bridgehead atoms. The normalized spacial score (nSPS) is 21.5. The van der Waals surface area contributed by atoms with Gasteiger partial charge in [0.1, 0.15) is 5.82 Å². The fraction of sp³-hybridized carbons (Fsp3) is 0.571. The van der Waals surface area contributed by atoms with Gasteiger partial charge in [0.05, 0.1) is 0 Å². The number of piperazine rings is 1. The van der Waals surface area contributed by atoms with Gasteiger partial charge in [0.15, 0.2) is 0 Å². The number of benzene rings is 1. The molecule has 2 nitrogen and oxygen atoms in total. The molecule has 100 valence electrons. The zero-order chi connectivity index (χ0) is 13.1. The highest BCUT2D eigenvalue weighted by molar-refractivity contribution is 9.10. The summed E-state index contributed by atoms with van der Waals surface area (Å²) in [5.74, 6) is 0.492. The van der Waals surface area contributed by atoms with Crippen molar-refractivity contribution in [1.29, 1.82) is 0 Å². The number of hydrogen-bond donors (Lipinski definition) is 1. The summed E-state index contributed by atoms with van der Waals surface area (Å²) in [6.07, 6.45) is 0. The van der Waals surface area contributed by atoms with Crippen molar-refractivity contribution in [3.05, 3.63) is 34.1 Å². The van der Waals surface area contributed by atoms with Crippen LogP contribution in [0.3, 0.4) is 0 Å². The predicted molar refractivity (Wildman–Crippen MR) is 76.0 cm³/mol. The molecule has 1 aromatic carbocycles. The zero-order valence-electron chi connectivity index (χ0n) is 10.9. The van der Waals surface area contributed by atoms with Crippen LogP contribution in [0.25, 0.3) is 0 Å². The van der Waals surface area contributed by atoms with Crippen molar-refractivity contribution in [2.75, 3.05) is 19.6 Å². The summed E-state index contributed by atoms with van der Waals surface area (Å²) in [6, 6.07) is 5.82. The number of hydrogen-bond acceptors (Lipinski definition) is 2. The average molecular weight is 315 g/mol. The second kappa shape index (κ2) is 6.13. The Morgan fingerprint density at radius 2 is 2.28 bits per heavy atom. The van der Waals surface area contributed by atoms with E-state index in [-0.39, 0.29) is 5.82 Å². The fourth-order valence-electron chi connectivity index (χ4n) is 2.32. The standard InChI is InChI=1S/C14H20BrFN2/c1-10(2)14-9-18(6-5-17-14)8-11-3-4-12(15)7-13(11)16/h3-4,7,10,14,17H,5-6,8-9H2,1-2H3. The first-order valence-corrected chi connectivity index (χ1v) is 7.25. The van der Waals surface area contributed by atoms with E-state index in [4.69, 9.17) is 0 Å². The molecule has 1 aromatic rings.